The van der Waals surface area contributed by atoms with Crippen LogP contribution in [0.3, 0.4) is 0 Å². The van der Waals surface area contributed by atoms with Gasteiger partial charge in [-0.3, -0.25) is 4.79 Å². The van der Waals surface area contributed by atoms with Crippen LogP contribution in [0.15, 0.2) is 46.7 Å². The molecular formula is C21H22FN5OS. The van der Waals surface area contributed by atoms with Gasteiger partial charge in [-0.15, -0.1) is 0 Å². The lowest BCUT2D eigenvalue weighted by Gasteiger charge is -2.10. The highest BCUT2D eigenvalue weighted by Crippen LogP contribution is 2.21. The third-order valence-electron chi connectivity index (χ3n) is 4.25. The van der Waals surface area contributed by atoms with E-state index in [0.29, 0.717) is 10.8 Å². The minimum Gasteiger partial charge on any atom is -0.315 e. The molecule has 0 spiro atoms. The Morgan fingerprint density at radius 3 is 2.55 bits per heavy atom. The summed E-state index contributed by atoms with van der Waals surface area (Å²) in [7, 11) is 0. The van der Waals surface area contributed by atoms with Crippen molar-refractivity contribution in [1.29, 1.82) is 0 Å². The fourth-order valence-electron chi connectivity index (χ4n) is 3.02. The number of carbonyl (C=O) groups excluding carboxylic acids is 1. The summed E-state index contributed by atoms with van der Waals surface area (Å²) in [6.07, 6.45) is 1.57. The van der Waals surface area contributed by atoms with Crippen LogP contribution in [-0.4, -0.2) is 32.4 Å². The van der Waals surface area contributed by atoms with E-state index in [1.54, 1.807) is 24.4 Å². The lowest BCUT2D eigenvalue weighted by atomic mass is 10.2. The highest BCUT2D eigenvalue weighted by Gasteiger charge is 2.12. The second-order valence-corrected chi connectivity index (χ2v) is 7.57. The monoisotopic (exact) mass is 411 g/mol. The summed E-state index contributed by atoms with van der Waals surface area (Å²) in [5, 5.41) is 4.60. The smallest absolute Gasteiger partial charge is 0.250 e. The quantitative estimate of drug-likeness (QED) is 0.289. The van der Waals surface area contributed by atoms with Crippen LogP contribution < -0.4 is 5.43 Å². The lowest BCUT2D eigenvalue weighted by Crippen LogP contribution is -2.19. The Balaban J connectivity index is 1.64. The predicted octanol–water partition coefficient (Wildman–Crippen LogP) is 3.88. The molecule has 2 aromatic heterocycles. The Morgan fingerprint density at radius 2 is 1.86 bits per heavy atom. The summed E-state index contributed by atoms with van der Waals surface area (Å²) in [4.78, 5) is 20.6. The topological polar surface area (TPSA) is 72.2 Å². The molecule has 1 N–H and O–H groups in total. The zero-order valence-corrected chi connectivity index (χ0v) is 17.5. The van der Waals surface area contributed by atoms with Crippen LogP contribution in [0.25, 0.3) is 5.69 Å². The van der Waals surface area contributed by atoms with Crippen LogP contribution in [0.4, 0.5) is 4.39 Å². The number of halogens is 1. The number of aromatic nitrogens is 3. The van der Waals surface area contributed by atoms with Crippen LogP contribution in [0.5, 0.6) is 0 Å². The Morgan fingerprint density at radius 1 is 1.17 bits per heavy atom. The van der Waals surface area contributed by atoms with Crippen molar-refractivity contribution >= 4 is 23.9 Å². The number of amides is 1. The highest BCUT2D eigenvalue weighted by molar-refractivity contribution is 7.99. The Kier molecular flexibility index (Phi) is 6.43. The number of carbonyl (C=O) groups is 1. The number of para-hydroxylation sites is 1. The second kappa shape index (κ2) is 9.00. The number of aryl methyl sites for hydroxylation is 3. The van der Waals surface area contributed by atoms with Crippen molar-refractivity contribution in [2.24, 2.45) is 5.10 Å². The molecule has 3 rings (SSSR count). The number of hydrogen-bond acceptors (Lipinski definition) is 5. The maximum Gasteiger partial charge on any atom is 0.250 e. The number of hydrazone groups is 1. The summed E-state index contributed by atoms with van der Waals surface area (Å²) in [6, 6.07) is 10.4. The van der Waals surface area contributed by atoms with E-state index in [9.17, 15) is 9.18 Å². The Hall–Kier alpha value is -3.00. The average molecular weight is 412 g/mol. The summed E-state index contributed by atoms with van der Waals surface area (Å²) >= 11 is 1.26. The first kappa shape index (κ1) is 20.7. The van der Waals surface area contributed by atoms with Gasteiger partial charge in [0.05, 0.1) is 17.7 Å². The van der Waals surface area contributed by atoms with E-state index in [-0.39, 0.29) is 17.5 Å². The van der Waals surface area contributed by atoms with Gasteiger partial charge in [0.15, 0.2) is 5.16 Å². The number of hydrogen-bond donors (Lipinski definition) is 1. The van der Waals surface area contributed by atoms with Gasteiger partial charge in [0, 0.05) is 28.3 Å². The molecule has 2 heterocycles. The first-order chi connectivity index (χ1) is 13.8. The molecular weight excluding hydrogens is 389 g/mol. The van der Waals surface area contributed by atoms with E-state index < -0.39 is 0 Å². The minimum absolute atomic E-state index is 0.161. The fourth-order valence-corrected chi connectivity index (χ4v) is 3.76. The van der Waals surface area contributed by atoms with Gasteiger partial charge in [0.1, 0.15) is 5.82 Å². The zero-order chi connectivity index (χ0) is 21.0. The van der Waals surface area contributed by atoms with E-state index in [1.165, 1.54) is 17.8 Å². The van der Waals surface area contributed by atoms with Gasteiger partial charge < -0.3 is 4.57 Å². The molecule has 150 valence electrons. The molecule has 0 saturated carbocycles. The van der Waals surface area contributed by atoms with Crippen molar-refractivity contribution in [1.82, 2.24) is 20.0 Å². The molecule has 0 aliphatic heterocycles. The number of rotatable bonds is 6. The normalized spacial score (nSPS) is 11.2. The van der Waals surface area contributed by atoms with Gasteiger partial charge in [0.2, 0.25) is 0 Å². The standard InChI is InChI=1S/C21H22FN5OS/c1-13-9-14(2)25-21(24-13)29-12-20(28)26-23-11-17-10-15(3)27(16(17)4)19-8-6-5-7-18(19)22/h5-11H,12H2,1-4H3,(H,26,28). The molecule has 0 aliphatic rings. The summed E-state index contributed by atoms with van der Waals surface area (Å²) in [5.74, 6) is -0.386. The highest BCUT2D eigenvalue weighted by atomic mass is 32.2. The molecule has 29 heavy (non-hydrogen) atoms. The van der Waals surface area contributed by atoms with E-state index in [1.807, 2.05) is 44.4 Å². The first-order valence-electron chi connectivity index (χ1n) is 9.06. The number of benzene rings is 1. The van der Waals surface area contributed by atoms with Gasteiger partial charge in [-0.25, -0.2) is 19.8 Å². The fraction of sp³-hybridized carbons (Fsp3) is 0.238. The first-order valence-corrected chi connectivity index (χ1v) is 10.0. The maximum absolute atomic E-state index is 14.2. The predicted molar refractivity (Wildman–Crippen MR) is 113 cm³/mol. The van der Waals surface area contributed by atoms with E-state index >= 15 is 0 Å². The van der Waals surface area contributed by atoms with Crippen molar-refractivity contribution in [2.45, 2.75) is 32.9 Å². The van der Waals surface area contributed by atoms with Crippen LogP contribution in [0, 0.1) is 33.5 Å². The molecule has 0 saturated heterocycles. The molecule has 6 nitrogen and oxygen atoms in total. The lowest BCUT2D eigenvalue weighted by molar-refractivity contribution is -0.118. The van der Waals surface area contributed by atoms with Crippen molar-refractivity contribution in [2.75, 3.05) is 5.75 Å². The zero-order valence-electron chi connectivity index (χ0n) is 16.7. The van der Waals surface area contributed by atoms with E-state index in [2.05, 4.69) is 20.5 Å². The van der Waals surface area contributed by atoms with Crippen LogP contribution in [0.1, 0.15) is 28.3 Å². The van der Waals surface area contributed by atoms with E-state index in [0.717, 1.165) is 28.3 Å². The molecule has 0 radical (unpaired) electrons. The van der Waals surface area contributed by atoms with Gasteiger partial charge >= 0.3 is 0 Å². The number of thioether (sulfide) groups is 1. The van der Waals surface area contributed by atoms with Crippen molar-refractivity contribution in [3.8, 4) is 5.69 Å². The number of nitrogens with one attached hydrogen (secondary N) is 1. The van der Waals surface area contributed by atoms with Crippen molar-refractivity contribution in [3.05, 3.63) is 70.6 Å². The molecule has 8 heteroatoms. The van der Waals surface area contributed by atoms with Crippen molar-refractivity contribution < 1.29 is 9.18 Å². The molecule has 0 bridgehead atoms. The Labute approximate surface area is 173 Å². The molecule has 0 unspecified atom stereocenters. The Bertz CT molecular complexity index is 1060. The molecule has 3 aromatic rings. The van der Waals surface area contributed by atoms with Crippen molar-refractivity contribution in [3.63, 3.8) is 0 Å². The van der Waals surface area contributed by atoms with Gasteiger partial charge in [-0.05, 0) is 52.0 Å². The van der Waals surface area contributed by atoms with Gasteiger partial charge in [-0.2, -0.15) is 5.10 Å². The minimum atomic E-state index is -0.295. The third kappa shape index (κ3) is 5.08. The maximum atomic E-state index is 14.2. The molecule has 0 aliphatic carbocycles. The largest absolute Gasteiger partial charge is 0.315 e. The number of nitrogens with zero attached hydrogens (tertiary/aromatic N) is 4. The molecule has 1 aromatic carbocycles. The third-order valence-corrected chi connectivity index (χ3v) is 5.10. The summed E-state index contributed by atoms with van der Waals surface area (Å²) in [5.41, 5.74) is 7.24. The molecule has 1 amide bonds. The van der Waals surface area contributed by atoms with E-state index in [4.69, 9.17) is 0 Å². The second-order valence-electron chi connectivity index (χ2n) is 6.63. The summed E-state index contributed by atoms with van der Waals surface area (Å²) < 4.78 is 16.0. The molecule has 0 fully saturated rings. The van der Waals surface area contributed by atoms with Crippen LogP contribution in [0.2, 0.25) is 0 Å². The van der Waals surface area contributed by atoms with Crippen LogP contribution in [-0.2, 0) is 4.79 Å². The summed E-state index contributed by atoms with van der Waals surface area (Å²) in [6.45, 7) is 7.56. The molecule has 0 atom stereocenters. The average Bonchev–Trinajstić information content (AvgIpc) is 2.93. The van der Waals surface area contributed by atoms with Gasteiger partial charge in [-0.1, -0.05) is 23.9 Å². The van der Waals surface area contributed by atoms with Crippen LogP contribution >= 0.6 is 11.8 Å². The SMILES string of the molecule is Cc1cc(C)nc(SCC(=O)NN=Cc2cc(C)n(-c3ccccc3F)c2C)n1. The van der Waals surface area contributed by atoms with Gasteiger partial charge in [0.25, 0.3) is 5.91 Å².